The van der Waals surface area contributed by atoms with Crippen molar-refractivity contribution < 1.29 is 9.32 Å². The molecular formula is C14H17ClN4O2. The lowest BCUT2D eigenvalue weighted by Gasteiger charge is -2.27. The average Bonchev–Trinajstić information content (AvgIpc) is 2.94. The van der Waals surface area contributed by atoms with Gasteiger partial charge in [0.25, 0.3) is 11.8 Å². The van der Waals surface area contributed by atoms with Crippen LogP contribution in [0.5, 0.6) is 0 Å². The van der Waals surface area contributed by atoms with Crippen LogP contribution in [0.2, 0.25) is 0 Å². The zero-order chi connectivity index (χ0) is 13.9. The van der Waals surface area contributed by atoms with Crippen LogP contribution in [-0.2, 0) is 0 Å². The van der Waals surface area contributed by atoms with Crippen LogP contribution >= 0.6 is 12.4 Å². The fourth-order valence-corrected chi connectivity index (χ4v) is 2.30. The first-order valence-electron chi connectivity index (χ1n) is 6.65. The Kier molecular flexibility index (Phi) is 4.93. The molecule has 1 aliphatic heterocycles. The van der Waals surface area contributed by atoms with Gasteiger partial charge in [-0.25, -0.2) is 0 Å². The van der Waals surface area contributed by atoms with Crippen LogP contribution in [0.4, 0.5) is 0 Å². The number of amides is 1. The van der Waals surface area contributed by atoms with E-state index in [2.05, 4.69) is 15.5 Å². The van der Waals surface area contributed by atoms with Crippen molar-refractivity contribution in [2.24, 2.45) is 0 Å². The van der Waals surface area contributed by atoms with Crippen LogP contribution in [0, 0.1) is 6.92 Å². The second-order valence-corrected chi connectivity index (χ2v) is 4.73. The predicted octanol–water partition coefficient (Wildman–Crippen LogP) is 1.51. The molecule has 21 heavy (non-hydrogen) atoms. The molecule has 0 saturated carbocycles. The minimum Gasteiger partial charge on any atom is -0.336 e. The number of carbonyl (C=O) groups is 1. The first-order valence-corrected chi connectivity index (χ1v) is 6.65. The number of nitrogens with one attached hydrogen (secondary N) is 1. The monoisotopic (exact) mass is 308 g/mol. The van der Waals surface area contributed by atoms with Gasteiger partial charge >= 0.3 is 0 Å². The van der Waals surface area contributed by atoms with Crippen molar-refractivity contribution in [1.82, 2.24) is 20.4 Å². The van der Waals surface area contributed by atoms with Crippen molar-refractivity contribution in [1.29, 1.82) is 0 Å². The third kappa shape index (κ3) is 3.22. The number of hydrogen-bond acceptors (Lipinski definition) is 5. The zero-order valence-corrected chi connectivity index (χ0v) is 12.5. The fraction of sp³-hybridized carbons (Fsp3) is 0.357. The van der Waals surface area contributed by atoms with Crippen LogP contribution in [0.25, 0.3) is 11.5 Å². The molecule has 1 fully saturated rings. The topological polar surface area (TPSA) is 71.3 Å². The number of hydrogen-bond donors (Lipinski definition) is 1. The zero-order valence-electron chi connectivity index (χ0n) is 11.7. The molecule has 1 aliphatic rings. The summed E-state index contributed by atoms with van der Waals surface area (Å²) in [6.07, 6.45) is 0. The predicted molar refractivity (Wildman–Crippen MR) is 80.5 cm³/mol. The Morgan fingerprint density at radius 2 is 2.00 bits per heavy atom. The van der Waals surface area contributed by atoms with E-state index in [1.807, 2.05) is 23.1 Å². The van der Waals surface area contributed by atoms with Gasteiger partial charge in [0.2, 0.25) is 0 Å². The summed E-state index contributed by atoms with van der Waals surface area (Å²) in [5.74, 6) is 0.962. The molecule has 0 aliphatic carbocycles. The number of halogens is 1. The van der Waals surface area contributed by atoms with Crippen LogP contribution in [-0.4, -0.2) is 47.1 Å². The van der Waals surface area contributed by atoms with Gasteiger partial charge in [0, 0.05) is 26.2 Å². The SMILES string of the molecule is Cc1noc(-c2ccccc2C(=O)N2CCNCC2)n1.Cl. The highest BCUT2D eigenvalue weighted by Crippen LogP contribution is 2.23. The smallest absolute Gasteiger partial charge is 0.258 e. The molecule has 2 aromatic rings. The van der Waals surface area contributed by atoms with Gasteiger partial charge in [0.1, 0.15) is 0 Å². The molecule has 0 spiro atoms. The highest BCUT2D eigenvalue weighted by Gasteiger charge is 2.22. The molecule has 1 aromatic carbocycles. The Morgan fingerprint density at radius 3 is 2.67 bits per heavy atom. The van der Waals surface area contributed by atoms with E-state index in [4.69, 9.17) is 4.52 Å². The molecule has 2 heterocycles. The minimum atomic E-state index is 0. The lowest BCUT2D eigenvalue weighted by Crippen LogP contribution is -2.46. The number of aromatic nitrogens is 2. The third-order valence-electron chi connectivity index (χ3n) is 3.32. The van der Waals surface area contributed by atoms with Gasteiger partial charge in [0.05, 0.1) is 11.1 Å². The van der Waals surface area contributed by atoms with E-state index in [0.29, 0.717) is 22.8 Å². The van der Waals surface area contributed by atoms with Crippen molar-refractivity contribution in [2.45, 2.75) is 6.92 Å². The second kappa shape index (κ2) is 6.69. The lowest BCUT2D eigenvalue weighted by atomic mass is 10.1. The molecule has 1 saturated heterocycles. The molecule has 7 heteroatoms. The van der Waals surface area contributed by atoms with Gasteiger partial charge in [-0.3, -0.25) is 4.79 Å². The highest BCUT2D eigenvalue weighted by atomic mass is 35.5. The number of nitrogens with zero attached hydrogens (tertiary/aromatic N) is 3. The van der Waals surface area contributed by atoms with Crippen molar-refractivity contribution in [3.8, 4) is 11.5 Å². The van der Waals surface area contributed by atoms with Crippen LogP contribution < -0.4 is 5.32 Å². The van der Waals surface area contributed by atoms with E-state index in [1.54, 1.807) is 13.0 Å². The number of aryl methyl sites for hydroxylation is 1. The molecule has 0 unspecified atom stereocenters. The number of carbonyl (C=O) groups excluding carboxylic acids is 1. The van der Waals surface area contributed by atoms with Gasteiger partial charge in [-0.15, -0.1) is 12.4 Å². The summed E-state index contributed by atoms with van der Waals surface area (Å²) in [7, 11) is 0. The largest absolute Gasteiger partial charge is 0.336 e. The Hall–Kier alpha value is -1.92. The maximum absolute atomic E-state index is 12.6. The third-order valence-corrected chi connectivity index (χ3v) is 3.32. The highest BCUT2D eigenvalue weighted by molar-refractivity contribution is 6.00. The van der Waals surface area contributed by atoms with Gasteiger partial charge in [-0.1, -0.05) is 17.3 Å². The summed E-state index contributed by atoms with van der Waals surface area (Å²) in [6.45, 7) is 4.85. The molecule has 0 bridgehead atoms. The molecule has 3 rings (SSSR count). The average molecular weight is 309 g/mol. The van der Waals surface area contributed by atoms with Crippen LogP contribution in [0.3, 0.4) is 0 Å². The summed E-state index contributed by atoms with van der Waals surface area (Å²) in [6, 6.07) is 7.35. The van der Waals surface area contributed by atoms with Gasteiger partial charge < -0.3 is 14.7 Å². The summed E-state index contributed by atoms with van der Waals surface area (Å²) in [4.78, 5) is 18.7. The van der Waals surface area contributed by atoms with Crippen LogP contribution in [0.15, 0.2) is 28.8 Å². The van der Waals surface area contributed by atoms with E-state index in [9.17, 15) is 4.79 Å². The quantitative estimate of drug-likeness (QED) is 0.910. The van der Waals surface area contributed by atoms with E-state index >= 15 is 0 Å². The molecule has 1 aromatic heterocycles. The summed E-state index contributed by atoms with van der Waals surface area (Å²) in [5.41, 5.74) is 1.30. The summed E-state index contributed by atoms with van der Waals surface area (Å²) in [5, 5.41) is 7.02. The van der Waals surface area contributed by atoms with Crippen molar-refractivity contribution in [2.75, 3.05) is 26.2 Å². The van der Waals surface area contributed by atoms with Gasteiger partial charge in [-0.2, -0.15) is 4.98 Å². The van der Waals surface area contributed by atoms with Gasteiger partial charge in [0.15, 0.2) is 5.82 Å². The van der Waals surface area contributed by atoms with E-state index in [1.165, 1.54) is 0 Å². The minimum absolute atomic E-state index is 0. The summed E-state index contributed by atoms with van der Waals surface area (Å²) >= 11 is 0. The standard InChI is InChI=1S/C14H16N4O2.ClH/c1-10-16-13(20-17-10)11-4-2-3-5-12(11)14(19)18-8-6-15-7-9-18;/h2-5,15H,6-9H2,1H3;1H. The van der Waals surface area contributed by atoms with E-state index < -0.39 is 0 Å². The molecule has 0 radical (unpaired) electrons. The van der Waals surface area contributed by atoms with Crippen molar-refractivity contribution >= 4 is 18.3 Å². The lowest BCUT2D eigenvalue weighted by molar-refractivity contribution is 0.0736. The van der Waals surface area contributed by atoms with Crippen molar-refractivity contribution in [3.05, 3.63) is 35.7 Å². The number of rotatable bonds is 2. The Labute approximate surface area is 128 Å². The molecular weight excluding hydrogens is 292 g/mol. The fourth-order valence-electron chi connectivity index (χ4n) is 2.30. The second-order valence-electron chi connectivity index (χ2n) is 4.73. The maximum Gasteiger partial charge on any atom is 0.258 e. The maximum atomic E-state index is 12.6. The molecule has 6 nitrogen and oxygen atoms in total. The normalized spacial score (nSPS) is 14.6. The molecule has 0 atom stereocenters. The van der Waals surface area contributed by atoms with E-state index in [0.717, 1.165) is 26.2 Å². The van der Waals surface area contributed by atoms with Crippen LogP contribution in [0.1, 0.15) is 16.2 Å². The number of piperazine rings is 1. The Balaban J connectivity index is 0.00000161. The first-order chi connectivity index (χ1) is 9.75. The Morgan fingerprint density at radius 1 is 1.29 bits per heavy atom. The first kappa shape index (κ1) is 15.5. The molecule has 1 amide bonds. The molecule has 112 valence electrons. The Bertz CT molecular complexity index is 623. The summed E-state index contributed by atoms with van der Waals surface area (Å²) < 4.78 is 5.18. The van der Waals surface area contributed by atoms with Crippen molar-refractivity contribution in [3.63, 3.8) is 0 Å². The molecule has 1 N–H and O–H groups in total. The van der Waals surface area contributed by atoms with E-state index in [-0.39, 0.29) is 18.3 Å². The van der Waals surface area contributed by atoms with Gasteiger partial charge in [-0.05, 0) is 19.1 Å². The number of benzene rings is 1.